The molecule has 0 unspecified atom stereocenters. The summed E-state index contributed by atoms with van der Waals surface area (Å²) in [5, 5.41) is 18.3. The summed E-state index contributed by atoms with van der Waals surface area (Å²) < 4.78 is 5.09. The summed E-state index contributed by atoms with van der Waals surface area (Å²) >= 11 is 0. The maximum atomic E-state index is 11.6. The third-order valence-electron chi connectivity index (χ3n) is 3.14. The van der Waals surface area contributed by atoms with E-state index in [-0.39, 0.29) is 24.0 Å². The molecular weight excluding hydrogens is 272 g/mol. The smallest absolute Gasteiger partial charge is 0.314 e. The van der Waals surface area contributed by atoms with E-state index in [2.05, 4.69) is 20.8 Å². The summed E-state index contributed by atoms with van der Waals surface area (Å²) in [4.78, 5) is 15.9. The minimum absolute atomic E-state index is 0.117. The van der Waals surface area contributed by atoms with E-state index < -0.39 is 0 Å². The number of hydrogen-bond acceptors (Lipinski definition) is 5. The number of aliphatic hydroxyl groups excluding tert-OH is 1. The lowest BCUT2D eigenvalue weighted by Gasteiger charge is -2.23. The van der Waals surface area contributed by atoms with E-state index in [0.29, 0.717) is 37.6 Å². The van der Waals surface area contributed by atoms with Gasteiger partial charge in [0.15, 0.2) is 5.82 Å². The number of rotatable bonds is 8. The molecule has 0 aliphatic heterocycles. The van der Waals surface area contributed by atoms with Crippen LogP contribution in [0.15, 0.2) is 4.52 Å². The molecule has 0 aromatic carbocycles. The Hall–Kier alpha value is -1.63. The number of aromatic nitrogens is 2. The van der Waals surface area contributed by atoms with Crippen LogP contribution in [0, 0.1) is 5.41 Å². The van der Waals surface area contributed by atoms with Gasteiger partial charge in [0.05, 0.1) is 0 Å². The number of nitrogens with one attached hydrogen (secondary N) is 2. The van der Waals surface area contributed by atoms with Gasteiger partial charge in [-0.05, 0) is 11.8 Å². The van der Waals surface area contributed by atoms with Crippen LogP contribution in [-0.4, -0.2) is 41.0 Å². The van der Waals surface area contributed by atoms with E-state index >= 15 is 0 Å². The first-order valence-corrected chi connectivity index (χ1v) is 7.29. The Balaban J connectivity index is 2.24. The molecule has 0 radical (unpaired) electrons. The average molecular weight is 298 g/mol. The molecule has 1 aromatic rings. The number of nitrogens with zero attached hydrogens (tertiary/aromatic N) is 2. The van der Waals surface area contributed by atoms with Gasteiger partial charge in [0, 0.05) is 32.0 Å². The van der Waals surface area contributed by atoms with E-state index in [1.165, 1.54) is 0 Å². The molecule has 0 bridgehead atoms. The Kier molecular flexibility index (Phi) is 6.61. The van der Waals surface area contributed by atoms with Crippen LogP contribution in [-0.2, 0) is 6.42 Å². The Morgan fingerprint density at radius 1 is 1.38 bits per heavy atom. The van der Waals surface area contributed by atoms with Crippen molar-refractivity contribution in [2.75, 3.05) is 19.7 Å². The highest BCUT2D eigenvalue weighted by Gasteiger charge is 2.18. The van der Waals surface area contributed by atoms with E-state index in [1.807, 2.05) is 27.7 Å². The summed E-state index contributed by atoms with van der Waals surface area (Å²) in [7, 11) is 0. The van der Waals surface area contributed by atoms with Gasteiger partial charge in [-0.2, -0.15) is 4.98 Å². The van der Waals surface area contributed by atoms with Crippen LogP contribution in [0.1, 0.15) is 51.7 Å². The molecule has 0 saturated heterocycles. The van der Waals surface area contributed by atoms with Crippen molar-refractivity contribution < 1.29 is 14.4 Å². The minimum Gasteiger partial charge on any atom is -0.396 e. The van der Waals surface area contributed by atoms with Crippen molar-refractivity contribution in [3.05, 3.63) is 11.7 Å². The molecule has 7 heteroatoms. The molecular formula is C14H26N4O3. The third kappa shape index (κ3) is 6.57. The Labute approximate surface area is 125 Å². The molecule has 0 atom stereocenters. The topological polar surface area (TPSA) is 100 Å². The highest BCUT2D eigenvalue weighted by Crippen LogP contribution is 2.17. The Bertz CT molecular complexity index is 443. The van der Waals surface area contributed by atoms with Crippen molar-refractivity contribution in [2.45, 2.75) is 46.5 Å². The highest BCUT2D eigenvalue weighted by molar-refractivity contribution is 5.73. The Morgan fingerprint density at radius 2 is 2.10 bits per heavy atom. The maximum Gasteiger partial charge on any atom is 0.314 e. The first kappa shape index (κ1) is 17.4. The van der Waals surface area contributed by atoms with Crippen LogP contribution in [0.2, 0.25) is 0 Å². The van der Waals surface area contributed by atoms with Crippen molar-refractivity contribution in [1.82, 2.24) is 20.8 Å². The summed E-state index contributed by atoms with van der Waals surface area (Å²) in [6.07, 6.45) is 1.15. The van der Waals surface area contributed by atoms with Gasteiger partial charge in [0.2, 0.25) is 5.89 Å². The van der Waals surface area contributed by atoms with E-state index in [1.54, 1.807) is 0 Å². The number of carbonyl (C=O) groups excluding carboxylic acids is 1. The van der Waals surface area contributed by atoms with Gasteiger partial charge in [0.25, 0.3) is 0 Å². The van der Waals surface area contributed by atoms with Crippen molar-refractivity contribution in [3.63, 3.8) is 0 Å². The number of aliphatic hydroxyl groups is 1. The predicted octanol–water partition coefficient (Wildman–Crippen LogP) is 1.44. The number of amides is 2. The summed E-state index contributed by atoms with van der Waals surface area (Å²) in [5.41, 5.74) is -0.120. The second-order valence-corrected chi connectivity index (χ2v) is 6.20. The van der Waals surface area contributed by atoms with Crippen LogP contribution < -0.4 is 10.6 Å². The van der Waals surface area contributed by atoms with Gasteiger partial charge in [0.1, 0.15) is 0 Å². The van der Waals surface area contributed by atoms with Gasteiger partial charge in [-0.25, -0.2) is 4.79 Å². The zero-order valence-corrected chi connectivity index (χ0v) is 13.3. The lowest BCUT2D eigenvalue weighted by Crippen LogP contribution is -2.41. The number of urea groups is 1. The molecule has 3 N–H and O–H groups in total. The minimum atomic E-state index is -0.232. The molecule has 21 heavy (non-hydrogen) atoms. The largest absolute Gasteiger partial charge is 0.396 e. The second-order valence-electron chi connectivity index (χ2n) is 6.20. The van der Waals surface area contributed by atoms with Gasteiger partial charge in [-0.1, -0.05) is 32.9 Å². The first-order valence-electron chi connectivity index (χ1n) is 7.29. The maximum absolute atomic E-state index is 11.6. The Morgan fingerprint density at radius 3 is 2.67 bits per heavy atom. The van der Waals surface area contributed by atoms with Crippen LogP contribution >= 0.6 is 0 Å². The molecule has 1 heterocycles. The van der Waals surface area contributed by atoms with Crippen LogP contribution in [0.3, 0.4) is 0 Å². The lowest BCUT2D eigenvalue weighted by atomic mass is 9.90. The fraction of sp³-hybridized carbons (Fsp3) is 0.786. The van der Waals surface area contributed by atoms with E-state index in [9.17, 15) is 4.79 Å². The normalized spacial score (nSPS) is 11.7. The zero-order valence-electron chi connectivity index (χ0n) is 13.3. The molecule has 0 spiro atoms. The second kappa shape index (κ2) is 7.97. The molecule has 0 aliphatic carbocycles. The van der Waals surface area contributed by atoms with Gasteiger partial charge in [-0.15, -0.1) is 0 Å². The molecule has 0 fully saturated rings. The molecule has 1 aromatic heterocycles. The van der Waals surface area contributed by atoms with Crippen molar-refractivity contribution in [3.8, 4) is 0 Å². The molecule has 1 rings (SSSR count). The number of hydrogen-bond donors (Lipinski definition) is 3. The first-order chi connectivity index (χ1) is 9.84. The third-order valence-corrected chi connectivity index (χ3v) is 3.14. The fourth-order valence-corrected chi connectivity index (χ4v) is 1.66. The monoisotopic (exact) mass is 298 g/mol. The quantitative estimate of drug-likeness (QED) is 0.674. The lowest BCUT2D eigenvalue weighted by molar-refractivity contribution is 0.201. The fourth-order valence-electron chi connectivity index (χ4n) is 1.66. The summed E-state index contributed by atoms with van der Waals surface area (Å²) in [6, 6.07) is -0.232. The van der Waals surface area contributed by atoms with Gasteiger partial charge < -0.3 is 20.3 Å². The summed E-state index contributed by atoms with van der Waals surface area (Å²) in [6.45, 7) is 9.04. The molecule has 120 valence electrons. The molecule has 2 amide bonds. The van der Waals surface area contributed by atoms with E-state index in [4.69, 9.17) is 9.63 Å². The molecule has 0 saturated carbocycles. The molecule has 0 aliphatic rings. The predicted molar refractivity (Wildman–Crippen MR) is 79.0 cm³/mol. The summed E-state index contributed by atoms with van der Waals surface area (Å²) in [5.74, 6) is 1.44. The standard InChI is InChI=1S/C14H26N4O3/c1-10(2)12-17-11(21-18-12)5-7-15-13(20)16-9-14(3,4)6-8-19/h10,19H,5-9H2,1-4H3,(H2,15,16,20). The number of carbonyl (C=O) groups is 1. The van der Waals surface area contributed by atoms with Crippen molar-refractivity contribution in [1.29, 1.82) is 0 Å². The van der Waals surface area contributed by atoms with Crippen LogP contribution in [0.25, 0.3) is 0 Å². The van der Waals surface area contributed by atoms with Crippen molar-refractivity contribution in [2.24, 2.45) is 5.41 Å². The van der Waals surface area contributed by atoms with Gasteiger partial charge in [-0.3, -0.25) is 0 Å². The SMILES string of the molecule is CC(C)c1noc(CCNC(=O)NCC(C)(C)CCO)n1. The van der Waals surface area contributed by atoms with Gasteiger partial charge >= 0.3 is 6.03 Å². The van der Waals surface area contributed by atoms with Crippen LogP contribution in [0.4, 0.5) is 4.79 Å². The molecule has 7 nitrogen and oxygen atoms in total. The van der Waals surface area contributed by atoms with E-state index in [0.717, 1.165) is 0 Å². The van der Waals surface area contributed by atoms with Crippen LogP contribution in [0.5, 0.6) is 0 Å². The zero-order chi connectivity index (χ0) is 15.9. The average Bonchev–Trinajstić information content (AvgIpc) is 2.85. The van der Waals surface area contributed by atoms with Crippen molar-refractivity contribution >= 4 is 6.03 Å². The highest BCUT2D eigenvalue weighted by atomic mass is 16.5.